The minimum Gasteiger partial charge on any atom is -0.489 e. The maximum absolute atomic E-state index is 13.9. The summed E-state index contributed by atoms with van der Waals surface area (Å²) in [6, 6.07) is 22.4. The lowest BCUT2D eigenvalue weighted by Crippen LogP contribution is -2.12. The van der Waals surface area contributed by atoms with E-state index in [2.05, 4.69) is 32.4 Å². The predicted molar refractivity (Wildman–Crippen MR) is 136 cm³/mol. The number of hydrogen-bond acceptors (Lipinski definition) is 4. The van der Waals surface area contributed by atoms with Gasteiger partial charge in [-0.3, -0.25) is 9.48 Å². The van der Waals surface area contributed by atoms with Gasteiger partial charge in [-0.1, -0.05) is 48.5 Å². The fourth-order valence-corrected chi connectivity index (χ4v) is 4.73. The van der Waals surface area contributed by atoms with Gasteiger partial charge in [-0.25, -0.2) is 4.39 Å². The van der Waals surface area contributed by atoms with Gasteiger partial charge in [0.1, 0.15) is 18.2 Å². The smallest absolute Gasteiger partial charge is 0.266 e. The number of benzene rings is 3. The van der Waals surface area contributed by atoms with Crippen LogP contribution < -0.4 is 10.1 Å². The van der Waals surface area contributed by atoms with Crippen LogP contribution in [0.4, 0.5) is 10.2 Å². The molecule has 3 aromatic carbocycles. The molecule has 0 aliphatic carbocycles. The van der Waals surface area contributed by atoms with Crippen LogP contribution in [-0.2, 0) is 13.2 Å². The van der Waals surface area contributed by atoms with Crippen molar-refractivity contribution in [1.82, 2.24) is 9.78 Å². The molecule has 8 heteroatoms. The summed E-state index contributed by atoms with van der Waals surface area (Å²) in [6.07, 6.45) is 1.71. The Bertz CT molecular complexity index is 1480. The predicted octanol–water partition coefficient (Wildman–Crippen LogP) is 6.88. The SMILES string of the molecule is O=C(Nc1nn(Cc2ccccc2F)cc1Br)c1cc(COc2ccc3ccccc3c2)cs1. The number of aromatic nitrogens is 2. The maximum atomic E-state index is 13.9. The number of nitrogens with one attached hydrogen (secondary N) is 1. The van der Waals surface area contributed by atoms with Crippen molar-refractivity contribution < 1.29 is 13.9 Å². The van der Waals surface area contributed by atoms with Gasteiger partial charge in [0.25, 0.3) is 5.91 Å². The van der Waals surface area contributed by atoms with Crippen LogP contribution in [0.1, 0.15) is 20.8 Å². The second-order valence-corrected chi connectivity index (χ2v) is 9.45. The number of anilines is 1. The maximum Gasteiger partial charge on any atom is 0.266 e. The normalized spacial score (nSPS) is 11.0. The molecule has 170 valence electrons. The highest BCUT2D eigenvalue weighted by molar-refractivity contribution is 9.10. The summed E-state index contributed by atoms with van der Waals surface area (Å²) in [6.45, 7) is 0.624. The van der Waals surface area contributed by atoms with Gasteiger partial charge >= 0.3 is 0 Å². The second-order valence-electron chi connectivity index (χ2n) is 7.69. The Balaban J connectivity index is 1.21. The quantitative estimate of drug-likeness (QED) is 0.247. The molecule has 0 atom stereocenters. The number of carbonyl (C=O) groups excluding carboxylic acids is 1. The van der Waals surface area contributed by atoms with Gasteiger partial charge in [0, 0.05) is 17.3 Å². The van der Waals surface area contributed by atoms with Crippen LogP contribution >= 0.6 is 27.3 Å². The van der Waals surface area contributed by atoms with E-state index < -0.39 is 0 Å². The zero-order valence-electron chi connectivity index (χ0n) is 17.9. The summed E-state index contributed by atoms with van der Waals surface area (Å²) in [4.78, 5) is 13.3. The lowest BCUT2D eigenvalue weighted by Gasteiger charge is -2.06. The topological polar surface area (TPSA) is 56.2 Å². The average Bonchev–Trinajstić information content (AvgIpc) is 3.46. The van der Waals surface area contributed by atoms with E-state index in [-0.39, 0.29) is 18.3 Å². The summed E-state index contributed by atoms with van der Waals surface area (Å²) in [5, 5.41) is 11.4. The Hall–Kier alpha value is -3.49. The van der Waals surface area contributed by atoms with Gasteiger partial charge in [-0.05, 0) is 56.3 Å². The van der Waals surface area contributed by atoms with Crippen LogP contribution in [-0.4, -0.2) is 15.7 Å². The Morgan fingerprint density at radius 3 is 2.71 bits per heavy atom. The van der Waals surface area contributed by atoms with E-state index in [1.54, 1.807) is 29.1 Å². The number of rotatable bonds is 7. The van der Waals surface area contributed by atoms with E-state index in [1.807, 2.05) is 47.8 Å². The zero-order chi connectivity index (χ0) is 23.5. The number of carbonyl (C=O) groups is 1. The largest absolute Gasteiger partial charge is 0.489 e. The number of halogens is 2. The molecule has 0 unspecified atom stereocenters. The number of nitrogens with zero attached hydrogens (tertiary/aromatic N) is 2. The summed E-state index contributed by atoms with van der Waals surface area (Å²) >= 11 is 4.76. The average molecular weight is 536 g/mol. The first kappa shape index (κ1) is 22.3. The lowest BCUT2D eigenvalue weighted by atomic mass is 10.1. The van der Waals surface area contributed by atoms with Crippen molar-refractivity contribution in [2.24, 2.45) is 0 Å². The van der Waals surface area contributed by atoms with Crippen LogP contribution in [0.15, 0.2) is 88.8 Å². The Kier molecular flexibility index (Phi) is 6.42. The number of ether oxygens (including phenoxy) is 1. The van der Waals surface area contributed by atoms with Crippen molar-refractivity contribution in [1.29, 1.82) is 0 Å². The van der Waals surface area contributed by atoms with E-state index in [4.69, 9.17) is 4.74 Å². The Labute approximate surface area is 207 Å². The third kappa shape index (κ3) is 5.03. The monoisotopic (exact) mass is 535 g/mol. The molecule has 5 rings (SSSR count). The van der Waals surface area contributed by atoms with E-state index in [0.717, 1.165) is 22.1 Å². The molecule has 5 aromatic rings. The molecule has 34 heavy (non-hydrogen) atoms. The molecular formula is C26H19BrFN3O2S. The molecule has 0 aliphatic rings. The Morgan fingerprint density at radius 2 is 1.85 bits per heavy atom. The number of fused-ring (bicyclic) bond motifs is 1. The fourth-order valence-electron chi connectivity index (χ4n) is 3.53. The number of thiophene rings is 1. The van der Waals surface area contributed by atoms with Gasteiger partial charge in [-0.2, -0.15) is 5.10 Å². The lowest BCUT2D eigenvalue weighted by molar-refractivity contribution is 0.103. The molecule has 0 aliphatic heterocycles. The van der Waals surface area contributed by atoms with Crippen molar-refractivity contribution in [3.63, 3.8) is 0 Å². The van der Waals surface area contributed by atoms with E-state index in [9.17, 15) is 9.18 Å². The molecule has 2 aromatic heterocycles. The summed E-state index contributed by atoms with van der Waals surface area (Å²) in [5.74, 6) is 0.597. The van der Waals surface area contributed by atoms with Crippen LogP contribution in [0.25, 0.3) is 10.8 Å². The summed E-state index contributed by atoms with van der Waals surface area (Å²) in [5.41, 5.74) is 1.43. The van der Waals surface area contributed by atoms with Crippen LogP contribution in [0, 0.1) is 5.82 Å². The highest BCUT2D eigenvalue weighted by Crippen LogP contribution is 2.25. The first-order chi connectivity index (χ1) is 16.5. The van der Waals surface area contributed by atoms with E-state index >= 15 is 0 Å². The van der Waals surface area contributed by atoms with Crippen molar-refractivity contribution >= 4 is 49.8 Å². The molecule has 1 amide bonds. The third-order valence-corrected chi connectivity index (χ3v) is 6.80. The third-order valence-electron chi connectivity index (χ3n) is 5.24. The molecule has 0 saturated carbocycles. The molecule has 0 bridgehead atoms. The Morgan fingerprint density at radius 1 is 1.06 bits per heavy atom. The highest BCUT2D eigenvalue weighted by atomic mass is 79.9. The molecule has 0 fully saturated rings. The minimum absolute atomic E-state index is 0.260. The zero-order valence-corrected chi connectivity index (χ0v) is 20.3. The molecular weight excluding hydrogens is 517 g/mol. The summed E-state index contributed by atoms with van der Waals surface area (Å²) in [7, 11) is 0. The number of amides is 1. The first-order valence-electron chi connectivity index (χ1n) is 10.5. The van der Waals surface area contributed by atoms with Crippen LogP contribution in [0.2, 0.25) is 0 Å². The first-order valence-corrected chi connectivity index (χ1v) is 12.2. The van der Waals surface area contributed by atoms with Gasteiger partial charge in [-0.15, -0.1) is 11.3 Å². The van der Waals surface area contributed by atoms with Gasteiger partial charge in [0.15, 0.2) is 5.82 Å². The van der Waals surface area contributed by atoms with E-state index in [0.29, 0.717) is 27.3 Å². The van der Waals surface area contributed by atoms with Gasteiger partial charge < -0.3 is 10.1 Å². The van der Waals surface area contributed by atoms with Crippen molar-refractivity contribution in [3.05, 3.63) is 111 Å². The summed E-state index contributed by atoms with van der Waals surface area (Å²) < 4.78 is 22.0. The molecule has 5 nitrogen and oxygen atoms in total. The fraction of sp³-hybridized carbons (Fsp3) is 0.0769. The molecule has 0 saturated heterocycles. The standard InChI is InChI=1S/C26H19BrFN3O2S/c27-22-14-31(13-20-7-3-4-8-23(20)28)30-25(22)29-26(32)24-11-17(16-34-24)15-33-21-10-9-18-5-1-2-6-19(18)12-21/h1-12,14,16H,13,15H2,(H,29,30,32). The molecule has 1 N–H and O–H groups in total. The van der Waals surface area contributed by atoms with E-state index in [1.165, 1.54) is 17.4 Å². The van der Waals surface area contributed by atoms with Gasteiger partial charge in [0.2, 0.25) is 0 Å². The van der Waals surface area contributed by atoms with Crippen LogP contribution in [0.3, 0.4) is 0 Å². The molecule has 0 radical (unpaired) electrons. The minimum atomic E-state index is -0.295. The van der Waals surface area contributed by atoms with Crippen molar-refractivity contribution in [2.75, 3.05) is 5.32 Å². The number of hydrogen-bond donors (Lipinski definition) is 1. The highest BCUT2D eigenvalue weighted by Gasteiger charge is 2.15. The van der Waals surface area contributed by atoms with Crippen molar-refractivity contribution in [2.45, 2.75) is 13.2 Å². The van der Waals surface area contributed by atoms with Crippen molar-refractivity contribution in [3.8, 4) is 5.75 Å². The second kappa shape index (κ2) is 9.79. The molecule has 0 spiro atoms. The van der Waals surface area contributed by atoms with Gasteiger partial charge in [0.05, 0.1) is 15.9 Å². The van der Waals surface area contributed by atoms with Crippen LogP contribution in [0.5, 0.6) is 5.75 Å². The molecule has 2 heterocycles.